The highest BCUT2D eigenvalue weighted by molar-refractivity contribution is 6.39. The number of Topliss-reactive ketones (excluding diaryl/α,β-unsaturated/α-hetero) is 3. The summed E-state index contributed by atoms with van der Waals surface area (Å²) in [6.45, 7) is 12.9. The van der Waals surface area contributed by atoms with Crippen molar-refractivity contribution in [2.75, 3.05) is 20.8 Å². The zero-order chi connectivity index (χ0) is 46.6. The Bertz CT molecular complexity index is 1700. The molecule has 1 aliphatic carbocycles. The van der Waals surface area contributed by atoms with Gasteiger partial charge in [-0.2, -0.15) is 0 Å². The number of amides is 1. The van der Waals surface area contributed by atoms with Gasteiger partial charge in [0.1, 0.15) is 23.7 Å². The lowest BCUT2D eigenvalue weighted by molar-refractivity contribution is -0.265. The molecule has 0 spiro atoms. The quantitative estimate of drug-likeness (QED) is 0.154. The number of cyclic esters (lactones) is 1. The molecule has 2 saturated heterocycles. The maximum Gasteiger partial charge on any atom is 0.329 e. The van der Waals surface area contributed by atoms with Crippen LogP contribution in [0, 0.1) is 35.5 Å². The van der Waals surface area contributed by atoms with Crippen molar-refractivity contribution in [2.45, 2.75) is 180 Å². The number of nitrogens with zero attached hydrogens (tertiary/aromatic N) is 1. The third-order valence-electron chi connectivity index (χ3n) is 14.2. The highest BCUT2D eigenvalue weighted by Crippen LogP contribution is 2.37. The average Bonchev–Trinajstić information content (AvgIpc) is 3.25. The minimum atomic E-state index is -2.42. The van der Waals surface area contributed by atoms with Crippen LogP contribution in [0.5, 0.6) is 0 Å². The largest absolute Gasteiger partial charge is 0.460 e. The van der Waals surface area contributed by atoms with Crippen LogP contribution >= 0.6 is 0 Å². The number of aliphatic hydroxyl groups is 3. The average molecular weight is 884 g/mol. The third-order valence-corrected chi connectivity index (χ3v) is 14.2. The van der Waals surface area contributed by atoms with Gasteiger partial charge in [-0.15, -0.1) is 0 Å². The van der Waals surface area contributed by atoms with E-state index >= 15 is 0 Å². The molecule has 3 aliphatic heterocycles. The molecule has 13 heteroatoms. The Labute approximate surface area is 375 Å². The zero-order valence-electron chi connectivity index (χ0n) is 39.3. The van der Waals surface area contributed by atoms with E-state index in [1.165, 1.54) is 4.90 Å². The Kier molecular flexibility index (Phi) is 20.1. The topological polar surface area (TPSA) is 186 Å². The van der Waals surface area contributed by atoms with Crippen LogP contribution in [0.3, 0.4) is 0 Å². The van der Waals surface area contributed by atoms with Gasteiger partial charge in [-0.3, -0.25) is 19.2 Å². The van der Waals surface area contributed by atoms with E-state index < -0.39 is 71.8 Å². The summed E-state index contributed by atoms with van der Waals surface area (Å²) in [7, 11) is 3.15. The minimum Gasteiger partial charge on any atom is -0.460 e. The van der Waals surface area contributed by atoms with E-state index in [0.29, 0.717) is 63.4 Å². The van der Waals surface area contributed by atoms with Crippen LogP contribution in [0.25, 0.3) is 0 Å². The number of piperidine rings is 1. The minimum absolute atomic E-state index is 0.0725. The first-order chi connectivity index (χ1) is 29.8. The van der Waals surface area contributed by atoms with Crippen LogP contribution < -0.4 is 0 Å². The van der Waals surface area contributed by atoms with Crippen molar-refractivity contribution in [3.05, 3.63) is 47.6 Å². The van der Waals surface area contributed by atoms with Gasteiger partial charge in [-0.05, 0) is 107 Å². The summed E-state index contributed by atoms with van der Waals surface area (Å²) in [4.78, 5) is 71.1. The zero-order valence-corrected chi connectivity index (χ0v) is 39.3. The van der Waals surface area contributed by atoms with Crippen molar-refractivity contribution in [3.63, 3.8) is 0 Å². The van der Waals surface area contributed by atoms with Crippen molar-refractivity contribution in [3.8, 4) is 0 Å². The Morgan fingerprint density at radius 1 is 0.841 bits per heavy atom. The molecule has 4 aliphatic rings. The molecule has 3 fully saturated rings. The number of rotatable bonds is 5. The molecule has 0 radical (unpaired) electrons. The predicted molar refractivity (Wildman–Crippen MR) is 239 cm³/mol. The number of ketones is 3. The maximum absolute atomic E-state index is 14.3. The van der Waals surface area contributed by atoms with Gasteiger partial charge in [0.2, 0.25) is 5.79 Å². The van der Waals surface area contributed by atoms with E-state index in [1.807, 2.05) is 58.1 Å². The van der Waals surface area contributed by atoms with Gasteiger partial charge in [-0.25, -0.2) is 4.79 Å². The lowest BCUT2D eigenvalue weighted by atomic mass is 9.78. The van der Waals surface area contributed by atoms with Crippen molar-refractivity contribution in [2.24, 2.45) is 35.5 Å². The second kappa shape index (κ2) is 24.3. The molecular weight excluding hydrogens is 807 g/mol. The fourth-order valence-electron chi connectivity index (χ4n) is 9.78. The van der Waals surface area contributed by atoms with Crippen molar-refractivity contribution in [1.29, 1.82) is 0 Å². The summed E-state index contributed by atoms with van der Waals surface area (Å²) in [5, 5.41) is 33.5. The van der Waals surface area contributed by atoms with Gasteiger partial charge in [0.15, 0.2) is 0 Å². The summed E-state index contributed by atoms with van der Waals surface area (Å²) < 4.78 is 23.8. The third kappa shape index (κ3) is 14.3. The normalized spacial score (nSPS) is 38.8. The highest BCUT2D eigenvalue weighted by atomic mass is 16.6. The standard InChI is InChI=1S/C50H77NO12/c1-30-15-11-10-12-16-31(2)44(60-8)27-38-20-18-36(7)50(59,63-38)47(56)48(57)51-22-14-13-17-39(51)49(58)62-45(35(6)25-37-19-21-40(52)46(26-37)61-9)29-43(55)34(5)24-33(4)42(54)28-41(53)32(3)23-30/h10-12,15-16,24,30,32,34-40,42,44-46,52,54,59H,13-14,17-23,25-29H2,1-9H3/b12-10?,15-11+,31-16?,33-24+. The Hall–Kier alpha value is -3.33. The fraction of sp³-hybridized carbons (Fsp3) is 0.740. The van der Waals surface area contributed by atoms with Crippen LogP contribution in [0.15, 0.2) is 47.6 Å². The number of allylic oxidation sites excluding steroid dienone is 6. The molecule has 1 saturated carbocycles. The number of methoxy groups -OCH3 is 2. The molecule has 354 valence electrons. The summed E-state index contributed by atoms with van der Waals surface area (Å²) >= 11 is 0. The molecular formula is C50H77NO12. The number of carbonyl (C=O) groups is 5. The van der Waals surface area contributed by atoms with Crippen molar-refractivity contribution >= 4 is 29.2 Å². The van der Waals surface area contributed by atoms with E-state index in [4.69, 9.17) is 18.9 Å². The van der Waals surface area contributed by atoms with Crippen LogP contribution in [0.4, 0.5) is 0 Å². The second-order valence-corrected chi connectivity index (χ2v) is 19.3. The Morgan fingerprint density at radius 3 is 2.27 bits per heavy atom. The summed E-state index contributed by atoms with van der Waals surface area (Å²) in [6.07, 6.45) is 13.0. The fourth-order valence-corrected chi connectivity index (χ4v) is 9.78. The number of aliphatic hydroxyl groups excluding tert-OH is 2. The lowest BCUT2D eigenvalue weighted by Gasteiger charge is -2.42. The van der Waals surface area contributed by atoms with Crippen LogP contribution in [0.2, 0.25) is 0 Å². The van der Waals surface area contributed by atoms with Crippen LogP contribution in [-0.2, 0) is 42.9 Å². The lowest BCUT2D eigenvalue weighted by Crippen LogP contribution is -2.61. The molecule has 3 N–H and O–H groups in total. The monoisotopic (exact) mass is 884 g/mol. The number of esters is 1. The molecule has 1 amide bonds. The molecule has 14 atom stereocenters. The summed E-state index contributed by atoms with van der Waals surface area (Å²) in [5.74, 6) is -7.36. The molecule has 13 nitrogen and oxygen atoms in total. The molecule has 0 aromatic rings. The molecule has 0 aromatic heterocycles. The molecule has 14 unspecified atom stereocenters. The van der Waals surface area contributed by atoms with Gasteiger partial charge < -0.3 is 39.2 Å². The van der Waals surface area contributed by atoms with Crippen LogP contribution in [0.1, 0.15) is 132 Å². The number of hydrogen-bond acceptors (Lipinski definition) is 12. The predicted octanol–water partition coefficient (Wildman–Crippen LogP) is 6.56. The SMILES string of the molecule is COC1CC2CCC(C)C(O)(O2)C(=O)C(=O)N2CCCCC2C(=O)OC(C(C)CC2CCC(O)C(OC)C2)CC(=O)C(C)/C=C(\C)C(O)CC(=O)C(C)CC(C)/C=C/C=CC=C1C. The number of carbonyl (C=O) groups excluding carboxylic acids is 5. The number of hydrogen-bond donors (Lipinski definition) is 3. The van der Waals surface area contributed by atoms with Crippen molar-refractivity contribution in [1.82, 2.24) is 4.90 Å². The van der Waals surface area contributed by atoms with Gasteiger partial charge in [0, 0.05) is 57.8 Å². The Morgan fingerprint density at radius 2 is 1.57 bits per heavy atom. The first-order valence-electron chi connectivity index (χ1n) is 23.4. The van der Waals surface area contributed by atoms with E-state index in [2.05, 4.69) is 0 Å². The molecule has 3 heterocycles. The van der Waals surface area contributed by atoms with E-state index in [-0.39, 0.29) is 67.1 Å². The second-order valence-electron chi connectivity index (χ2n) is 19.3. The first-order valence-corrected chi connectivity index (χ1v) is 23.4. The number of ether oxygens (including phenoxy) is 4. The number of fused-ring (bicyclic) bond motifs is 3. The van der Waals surface area contributed by atoms with Gasteiger partial charge in [0.25, 0.3) is 11.7 Å². The molecule has 4 rings (SSSR count). The van der Waals surface area contributed by atoms with Gasteiger partial charge in [0.05, 0.1) is 30.5 Å². The van der Waals surface area contributed by atoms with Crippen LogP contribution in [-0.4, -0.2) is 119 Å². The smallest absolute Gasteiger partial charge is 0.329 e. The summed E-state index contributed by atoms with van der Waals surface area (Å²) in [5.41, 5.74) is 1.39. The highest BCUT2D eigenvalue weighted by Gasteiger charge is 2.53. The van der Waals surface area contributed by atoms with Gasteiger partial charge in [-0.1, -0.05) is 71.1 Å². The van der Waals surface area contributed by atoms with E-state index in [9.17, 15) is 39.3 Å². The van der Waals surface area contributed by atoms with Crippen molar-refractivity contribution < 1.29 is 58.2 Å². The Balaban J connectivity index is 1.67. The van der Waals surface area contributed by atoms with Gasteiger partial charge >= 0.3 is 5.97 Å². The molecule has 2 bridgehead atoms. The first kappa shape index (κ1) is 52.3. The van der Waals surface area contributed by atoms with E-state index in [0.717, 1.165) is 12.0 Å². The maximum atomic E-state index is 14.3. The molecule has 0 aromatic carbocycles. The van der Waals surface area contributed by atoms with E-state index in [1.54, 1.807) is 41.1 Å². The molecule has 63 heavy (non-hydrogen) atoms. The summed E-state index contributed by atoms with van der Waals surface area (Å²) in [6, 6.07) is -1.12.